The normalized spacial score (nSPS) is 13.0. The summed E-state index contributed by atoms with van der Waals surface area (Å²) in [6.45, 7) is 6.40. The number of unbranched alkanes of at least 4 members (excludes halogenated alkanes) is 18. The smallest absolute Gasteiger partial charge is 0.306 e. The van der Waals surface area contributed by atoms with Crippen LogP contribution in [0.2, 0.25) is 0 Å². The molecule has 0 unspecified atom stereocenters. The molecule has 0 aromatic heterocycles. The minimum Gasteiger partial charge on any atom is -0.462 e. The summed E-state index contributed by atoms with van der Waals surface area (Å²) in [4.78, 5) is 38.1. The van der Waals surface area contributed by atoms with Crippen LogP contribution in [0.25, 0.3) is 0 Å². The van der Waals surface area contributed by atoms with Gasteiger partial charge in [0, 0.05) is 19.3 Å². The van der Waals surface area contributed by atoms with E-state index in [4.69, 9.17) is 14.2 Å². The molecule has 1 atom stereocenters. The number of esters is 3. The molecule has 0 fully saturated rings. The molecule has 390 valence electrons. The van der Waals surface area contributed by atoms with Gasteiger partial charge in [0.1, 0.15) is 13.2 Å². The summed E-state index contributed by atoms with van der Waals surface area (Å²) in [6, 6.07) is 0. The van der Waals surface area contributed by atoms with Crippen LogP contribution in [0.1, 0.15) is 239 Å². The van der Waals surface area contributed by atoms with Crippen molar-refractivity contribution in [1.29, 1.82) is 0 Å². The average Bonchev–Trinajstić information content (AvgIpc) is 3.35. The Morgan fingerprint density at radius 2 is 0.594 bits per heavy atom. The maximum atomic E-state index is 12.8. The van der Waals surface area contributed by atoms with Gasteiger partial charge >= 0.3 is 17.9 Å². The molecule has 0 amide bonds. The van der Waals surface area contributed by atoms with Crippen molar-refractivity contribution in [2.24, 2.45) is 0 Å². The van der Waals surface area contributed by atoms with Crippen LogP contribution >= 0.6 is 0 Å². The minimum atomic E-state index is -0.823. The second-order valence-corrected chi connectivity index (χ2v) is 18.1. The summed E-state index contributed by atoms with van der Waals surface area (Å²) in [5.74, 6) is -1.04. The molecular formula is C63H102O6. The third kappa shape index (κ3) is 54.6. The van der Waals surface area contributed by atoms with Crippen LogP contribution in [0.5, 0.6) is 0 Å². The van der Waals surface area contributed by atoms with Crippen LogP contribution in [0.3, 0.4) is 0 Å². The Hall–Kier alpha value is -4.19. The van der Waals surface area contributed by atoms with Gasteiger partial charge in [-0.1, -0.05) is 239 Å². The molecule has 0 spiro atoms. The quantitative estimate of drug-likeness (QED) is 0.0262. The maximum Gasteiger partial charge on any atom is 0.306 e. The van der Waals surface area contributed by atoms with Crippen molar-refractivity contribution in [3.63, 3.8) is 0 Å². The van der Waals surface area contributed by atoms with Gasteiger partial charge in [0.2, 0.25) is 0 Å². The second kappa shape index (κ2) is 56.4. The van der Waals surface area contributed by atoms with Gasteiger partial charge in [0.05, 0.1) is 0 Å². The molecule has 0 saturated heterocycles. The molecular weight excluding hydrogens is 853 g/mol. The molecule has 0 radical (unpaired) electrons. The van der Waals surface area contributed by atoms with Crippen molar-refractivity contribution in [3.8, 4) is 0 Å². The van der Waals surface area contributed by atoms with Crippen molar-refractivity contribution in [2.75, 3.05) is 13.2 Å². The van der Waals surface area contributed by atoms with Crippen LogP contribution in [-0.2, 0) is 28.6 Å². The highest BCUT2D eigenvalue weighted by molar-refractivity contribution is 5.71. The lowest BCUT2D eigenvalue weighted by atomic mass is 10.0. The molecule has 0 saturated carbocycles. The van der Waals surface area contributed by atoms with E-state index in [9.17, 15) is 14.4 Å². The number of allylic oxidation sites excluding steroid dienone is 20. The van der Waals surface area contributed by atoms with Crippen LogP contribution < -0.4 is 0 Å². The fraction of sp³-hybridized carbons (Fsp3) is 0.635. The van der Waals surface area contributed by atoms with Gasteiger partial charge in [-0.25, -0.2) is 0 Å². The first-order valence-electron chi connectivity index (χ1n) is 28.0. The first-order chi connectivity index (χ1) is 34.0. The number of hydrogen-bond donors (Lipinski definition) is 0. The molecule has 6 nitrogen and oxygen atoms in total. The standard InChI is InChI=1S/C63H102O6/c1-4-7-10-13-16-19-22-25-27-29-31-33-35-38-40-43-46-49-52-55-61(64)67-58-60(69-63(66)57-54-51-48-45-42-37-24-21-18-15-12-9-6-3)59-68-62(65)56-53-50-47-44-41-39-36-34-32-30-28-26-23-20-17-14-11-8-5-2/h7,10,16-17,19-20,25-28,31-34,38-41,46,49,60H,4-6,8-9,11-15,18,21-24,29-30,35-37,42-45,47-48,50-59H2,1-3H3/b10-7-,19-16-,20-17-,27-25-,28-26-,33-31-,34-32-,40-38-,41-39-,49-46-/t60-/m1/s1. The number of carbonyl (C=O) groups is 3. The Bertz CT molecular complexity index is 1470. The maximum absolute atomic E-state index is 12.8. The van der Waals surface area contributed by atoms with E-state index in [1.807, 2.05) is 12.2 Å². The summed E-state index contributed by atoms with van der Waals surface area (Å²) in [7, 11) is 0. The fourth-order valence-electron chi connectivity index (χ4n) is 7.27. The van der Waals surface area contributed by atoms with E-state index in [-0.39, 0.29) is 37.5 Å². The number of rotatable bonds is 49. The molecule has 0 aromatic carbocycles. The van der Waals surface area contributed by atoms with E-state index >= 15 is 0 Å². The average molecular weight is 956 g/mol. The van der Waals surface area contributed by atoms with Crippen LogP contribution in [0.15, 0.2) is 122 Å². The highest BCUT2D eigenvalue weighted by Gasteiger charge is 2.19. The lowest BCUT2D eigenvalue weighted by molar-refractivity contribution is -0.166. The Morgan fingerprint density at radius 1 is 0.304 bits per heavy atom. The molecule has 0 bridgehead atoms. The SMILES string of the molecule is CC/C=C\C/C=C\C/C=C\C/C=C\C/C=C\C/C=C\CCC(=O)OC[C@H](COC(=O)CCCCC/C=C\C/C=C\C/C=C\C/C=C\CCCCC)OC(=O)CCCCCCCCCCCCCCC. The summed E-state index contributed by atoms with van der Waals surface area (Å²) in [5, 5.41) is 0. The van der Waals surface area contributed by atoms with Gasteiger partial charge in [-0.05, 0) is 103 Å². The predicted molar refractivity (Wildman–Crippen MR) is 297 cm³/mol. The van der Waals surface area contributed by atoms with Crippen molar-refractivity contribution < 1.29 is 28.6 Å². The molecule has 0 aliphatic carbocycles. The Morgan fingerprint density at radius 3 is 1.00 bits per heavy atom. The van der Waals surface area contributed by atoms with Crippen LogP contribution in [-0.4, -0.2) is 37.2 Å². The monoisotopic (exact) mass is 955 g/mol. The highest BCUT2D eigenvalue weighted by Crippen LogP contribution is 2.14. The van der Waals surface area contributed by atoms with Crippen LogP contribution in [0.4, 0.5) is 0 Å². The fourth-order valence-corrected chi connectivity index (χ4v) is 7.27. The van der Waals surface area contributed by atoms with Gasteiger partial charge in [-0.15, -0.1) is 0 Å². The van der Waals surface area contributed by atoms with Gasteiger partial charge in [-0.3, -0.25) is 14.4 Å². The number of ether oxygens (including phenoxy) is 3. The van der Waals surface area contributed by atoms with E-state index < -0.39 is 6.10 Å². The number of carbonyl (C=O) groups excluding carboxylic acids is 3. The van der Waals surface area contributed by atoms with Gasteiger partial charge in [-0.2, -0.15) is 0 Å². The molecule has 69 heavy (non-hydrogen) atoms. The topological polar surface area (TPSA) is 78.9 Å². The Labute approximate surface area is 424 Å². The van der Waals surface area contributed by atoms with Gasteiger partial charge < -0.3 is 14.2 Å². The second-order valence-electron chi connectivity index (χ2n) is 18.1. The van der Waals surface area contributed by atoms with E-state index in [0.717, 1.165) is 103 Å². The Balaban J connectivity index is 4.55. The zero-order valence-electron chi connectivity index (χ0n) is 44.5. The van der Waals surface area contributed by atoms with Crippen molar-refractivity contribution in [1.82, 2.24) is 0 Å². The molecule has 6 heteroatoms. The zero-order valence-corrected chi connectivity index (χ0v) is 44.5. The molecule has 0 rings (SSSR count). The van der Waals surface area contributed by atoms with E-state index in [0.29, 0.717) is 19.3 Å². The summed E-state index contributed by atoms with van der Waals surface area (Å²) >= 11 is 0. The van der Waals surface area contributed by atoms with Crippen molar-refractivity contribution in [2.45, 2.75) is 245 Å². The summed E-state index contributed by atoms with van der Waals surface area (Å²) in [6.07, 6.45) is 77.6. The lowest BCUT2D eigenvalue weighted by Gasteiger charge is -2.18. The van der Waals surface area contributed by atoms with E-state index in [2.05, 4.69) is 130 Å². The molecule has 0 aliphatic heterocycles. The Kier molecular flexibility index (Phi) is 53.0. The largest absolute Gasteiger partial charge is 0.462 e. The molecule has 0 aromatic rings. The first-order valence-corrected chi connectivity index (χ1v) is 28.0. The molecule has 0 N–H and O–H groups in total. The predicted octanol–water partition coefficient (Wildman–Crippen LogP) is 18.9. The highest BCUT2D eigenvalue weighted by atomic mass is 16.6. The zero-order chi connectivity index (χ0) is 50.0. The van der Waals surface area contributed by atoms with Gasteiger partial charge in [0.15, 0.2) is 6.10 Å². The molecule has 0 aliphatic rings. The third-order valence-corrected chi connectivity index (χ3v) is 11.5. The van der Waals surface area contributed by atoms with Gasteiger partial charge in [0.25, 0.3) is 0 Å². The van der Waals surface area contributed by atoms with E-state index in [1.165, 1.54) is 89.9 Å². The van der Waals surface area contributed by atoms with E-state index in [1.54, 1.807) is 0 Å². The lowest BCUT2D eigenvalue weighted by Crippen LogP contribution is -2.30. The summed E-state index contributed by atoms with van der Waals surface area (Å²) < 4.78 is 16.7. The van der Waals surface area contributed by atoms with Crippen LogP contribution in [0, 0.1) is 0 Å². The third-order valence-electron chi connectivity index (χ3n) is 11.5. The molecule has 0 heterocycles. The van der Waals surface area contributed by atoms with Crippen molar-refractivity contribution in [3.05, 3.63) is 122 Å². The van der Waals surface area contributed by atoms with Crippen molar-refractivity contribution >= 4 is 17.9 Å². The minimum absolute atomic E-state index is 0.119. The first kappa shape index (κ1) is 64.8. The summed E-state index contributed by atoms with van der Waals surface area (Å²) in [5.41, 5.74) is 0. The number of hydrogen-bond acceptors (Lipinski definition) is 6.